The molecule has 3 aromatic rings. The molecule has 0 amide bonds. The molecule has 158 valence electrons. The molecular weight excluding hydrogens is 408 g/mol. The quantitative estimate of drug-likeness (QED) is 0.643. The van der Waals surface area contributed by atoms with Crippen molar-refractivity contribution in [3.8, 4) is 5.69 Å². The summed E-state index contributed by atoms with van der Waals surface area (Å²) in [6.45, 7) is 7.43. The Morgan fingerprint density at radius 1 is 1.16 bits per heavy atom. The normalized spacial score (nSPS) is 22.5. The van der Waals surface area contributed by atoms with Crippen LogP contribution in [0.5, 0.6) is 0 Å². The number of aromatic carboxylic acids is 1. The lowest BCUT2D eigenvalue weighted by Gasteiger charge is -2.27. The summed E-state index contributed by atoms with van der Waals surface area (Å²) >= 11 is 1.84. The lowest BCUT2D eigenvalue weighted by Crippen LogP contribution is -2.28. The number of fused-ring (bicyclic) bond motifs is 1. The van der Waals surface area contributed by atoms with Gasteiger partial charge in [-0.15, -0.1) is 0 Å². The molecule has 31 heavy (non-hydrogen) atoms. The third-order valence-electron chi connectivity index (χ3n) is 6.04. The number of carbonyl (C=O) groups is 1. The van der Waals surface area contributed by atoms with Gasteiger partial charge in [0, 0.05) is 35.1 Å². The van der Waals surface area contributed by atoms with E-state index < -0.39 is 5.97 Å². The van der Waals surface area contributed by atoms with Gasteiger partial charge in [-0.25, -0.2) is 4.79 Å². The summed E-state index contributed by atoms with van der Waals surface area (Å²) in [7, 11) is 0. The number of nitrogens with zero attached hydrogens (tertiary/aromatic N) is 4. The highest BCUT2D eigenvalue weighted by Crippen LogP contribution is 2.48. The van der Waals surface area contributed by atoms with Crippen LogP contribution in [-0.4, -0.2) is 42.5 Å². The van der Waals surface area contributed by atoms with Gasteiger partial charge in [-0.1, -0.05) is 24.8 Å². The average molecular weight is 433 g/mol. The monoisotopic (exact) mass is 432 g/mol. The lowest BCUT2D eigenvalue weighted by molar-refractivity contribution is 0.0697. The van der Waals surface area contributed by atoms with E-state index in [1.165, 1.54) is 5.56 Å². The second-order valence-electron chi connectivity index (χ2n) is 8.15. The van der Waals surface area contributed by atoms with Gasteiger partial charge in [0.05, 0.1) is 17.3 Å². The summed E-state index contributed by atoms with van der Waals surface area (Å²) in [5.74, 6) is -0.914. The van der Waals surface area contributed by atoms with Crippen LogP contribution in [0.25, 0.3) is 5.69 Å². The van der Waals surface area contributed by atoms with Crippen LogP contribution >= 0.6 is 11.8 Å². The minimum absolute atomic E-state index is 0.0421. The largest absolute Gasteiger partial charge is 0.478 e. The van der Waals surface area contributed by atoms with Crippen LogP contribution in [-0.2, 0) is 0 Å². The van der Waals surface area contributed by atoms with Crippen LogP contribution in [0.1, 0.15) is 52.0 Å². The summed E-state index contributed by atoms with van der Waals surface area (Å²) in [6.07, 6.45) is 1.83. The molecule has 1 fully saturated rings. The lowest BCUT2D eigenvalue weighted by atomic mass is 9.96. The van der Waals surface area contributed by atoms with E-state index in [0.29, 0.717) is 10.8 Å². The minimum Gasteiger partial charge on any atom is -0.478 e. The highest BCUT2D eigenvalue weighted by atomic mass is 32.2. The van der Waals surface area contributed by atoms with Crippen molar-refractivity contribution >= 4 is 22.9 Å². The first-order valence-electron chi connectivity index (χ1n) is 10.4. The Morgan fingerprint density at radius 3 is 2.61 bits per heavy atom. The van der Waals surface area contributed by atoms with Gasteiger partial charge in [0.25, 0.3) is 0 Å². The fraction of sp³-hybridized carbons (Fsp3) is 0.292. The molecule has 0 radical (unpaired) electrons. The Balaban J connectivity index is 1.59. The number of aryl methyl sites for hydroxylation is 1. The van der Waals surface area contributed by atoms with Gasteiger partial charge in [-0.05, 0) is 61.9 Å². The number of pyridine rings is 1. The average Bonchev–Trinajstić information content (AvgIpc) is 3.38. The molecule has 3 unspecified atom stereocenters. The molecular formula is C24H24N4O2S. The first-order chi connectivity index (χ1) is 14.9. The molecule has 6 nitrogen and oxygen atoms in total. The van der Waals surface area contributed by atoms with Gasteiger partial charge in [0.2, 0.25) is 0 Å². The minimum atomic E-state index is -0.914. The Kier molecular flexibility index (Phi) is 4.85. The second-order valence-corrected chi connectivity index (χ2v) is 9.56. The molecule has 2 aliphatic rings. The Morgan fingerprint density at radius 2 is 1.94 bits per heavy atom. The van der Waals surface area contributed by atoms with Gasteiger partial charge >= 0.3 is 5.97 Å². The van der Waals surface area contributed by atoms with E-state index in [4.69, 9.17) is 4.99 Å². The van der Waals surface area contributed by atoms with E-state index in [-0.39, 0.29) is 12.1 Å². The van der Waals surface area contributed by atoms with Crippen molar-refractivity contribution < 1.29 is 9.90 Å². The van der Waals surface area contributed by atoms with E-state index in [1.54, 1.807) is 12.1 Å². The van der Waals surface area contributed by atoms with Gasteiger partial charge in [-0.3, -0.25) is 9.98 Å². The Labute approximate surface area is 185 Å². The summed E-state index contributed by atoms with van der Waals surface area (Å²) in [6, 6.07) is 15.4. The van der Waals surface area contributed by atoms with Crippen LogP contribution in [0, 0.1) is 13.8 Å². The zero-order chi connectivity index (χ0) is 21.7. The molecule has 1 saturated heterocycles. The molecule has 4 heterocycles. The van der Waals surface area contributed by atoms with Crippen LogP contribution < -0.4 is 0 Å². The predicted octanol–water partition coefficient (Wildman–Crippen LogP) is 4.78. The molecule has 0 saturated carbocycles. The van der Waals surface area contributed by atoms with Crippen molar-refractivity contribution in [2.45, 2.75) is 38.1 Å². The molecule has 5 rings (SSSR count). The van der Waals surface area contributed by atoms with Gasteiger partial charge in [0.15, 0.2) is 5.17 Å². The van der Waals surface area contributed by atoms with Crippen LogP contribution in [0.15, 0.2) is 59.7 Å². The van der Waals surface area contributed by atoms with Gasteiger partial charge in [0.1, 0.15) is 6.04 Å². The van der Waals surface area contributed by atoms with Crippen molar-refractivity contribution in [3.05, 3.63) is 82.9 Å². The molecule has 0 bridgehead atoms. The van der Waals surface area contributed by atoms with E-state index in [9.17, 15) is 9.90 Å². The predicted molar refractivity (Wildman–Crippen MR) is 123 cm³/mol. The number of carboxylic acid groups (broad SMARTS) is 1. The van der Waals surface area contributed by atoms with E-state index >= 15 is 0 Å². The van der Waals surface area contributed by atoms with E-state index in [1.807, 2.05) is 42.2 Å². The highest BCUT2D eigenvalue weighted by Gasteiger charge is 2.44. The van der Waals surface area contributed by atoms with E-state index in [0.717, 1.165) is 34.5 Å². The smallest absolute Gasteiger partial charge is 0.335 e. The maximum atomic E-state index is 11.2. The molecule has 2 aromatic heterocycles. The van der Waals surface area contributed by atoms with Crippen LogP contribution in [0.4, 0.5) is 0 Å². The number of carboxylic acids is 1. The molecule has 1 aromatic carbocycles. The maximum absolute atomic E-state index is 11.2. The van der Waals surface area contributed by atoms with Crippen molar-refractivity contribution in [2.24, 2.45) is 4.99 Å². The molecule has 0 aliphatic carbocycles. The van der Waals surface area contributed by atoms with Crippen LogP contribution in [0.2, 0.25) is 0 Å². The van der Waals surface area contributed by atoms with Gasteiger partial charge in [-0.2, -0.15) is 0 Å². The Hall–Kier alpha value is -3.06. The highest BCUT2D eigenvalue weighted by molar-refractivity contribution is 8.14. The van der Waals surface area contributed by atoms with Crippen LogP contribution in [0.3, 0.4) is 0 Å². The zero-order valence-electron chi connectivity index (χ0n) is 17.7. The molecule has 3 atom stereocenters. The SMILES string of the molecule is Cc1cc(C2C(c3ccccn3)N=C3SC(C)CN32)c(C)n1-c1ccc(C(=O)O)cc1. The fourth-order valence-corrected chi connectivity index (χ4v) is 5.78. The van der Waals surface area contributed by atoms with Crippen molar-refractivity contribution in [2.75, 3.05) is 6.54 Å². The number of hydrogen-bond acceptors (Lipinski definition) is 5. The summed E-state index contributed by atoms with van der Waals surface area (Å²) in [5, 5.41) is 10.8. The number of benzene rings is 1. The summed E-state index contributed by atoms with van der Waals surface area (Å²) in [5.41, 5.74) is 5.74. The topological polar surface area (TPSA) is 70.7 Å². The number of aromatic nitrogens is 2. The van der Waals surface area contributed by atoms with Crippen molar-refractivity contribution in [1.82, 2.24) is 14.5 Å². The first-order valence-corrected chi connectivity index (χ1v) is 11.3. The van der Waals surface area contributed by atoms with Crippen molar-refractivity contribution in [1.29, 1.82) is 0 Å². The van der Waals surface area contributed by atoms with Crippen molar-refractivity contribution in [3.63, 3.8) is 0 Å². The number of amidine groups is 1. The maximum Gasteiger partial charge on any atom is 0.335 e. The molecule has 1 N–H and O–H groups in total. The summed E-state index contributed by atoms with van der Waals surface area (Å²) < 4.78 is 2.20. The zero-order valence-corrected chi connectivity index (χ0v) is 18.5. The number of thioether (sulfide) groups is 1. The van der Waals surface area contributed by atoms with E-state index in [2.05, 4.69) is 47.4 Å². The molecule has 2 aliphatic heterocycles. The number of aliphatic imine (C=N–C) groups is 1. The Bertz CT molecular complexity index is 1170. The standard InChI is InChI=1S/C24H24N4O2S/c1-14-12-19(16(3)28(14)18-9-7-17(8-10-18)23(29)30)22-21(20-6-4-5-11-25-20)26-24-27(22)13-15(2)31-24/h4-12,15,21-22H,13H2,1-3H3,(H,29,30). The van der Waals surface area contributed by atoms with Gasteiger partial charge < -0.3 is 14.6 Å². The number of rotatable bonds is 4. The summed E-state index contributed by atoms with van der Waals surface area (Å²) in [4.78, 5) is 23.4. The fourth-order valence-electron chi connectivity index (χ4n) is 4.69. The third kappa shape index (κ3) is 3.33. The molecule has 7 heteroatoms. The first kappa shape index (κ1) is 19.9. The third-order valence-corrected chi connectivity index (χ3v) is 7.14. The number of hydrogen-bond donors (Lipinski definition) is 1. The second kappa shape index (κ2) is 7.57. The molecule has 0 spiro atoms.